The minimum Gasteiger partial charge on any atom is -0.396 e. The van der Waals surface area contributed by atoms with Crippen LogP contribution in [0.3, 0.4) is 0 Å². The molecule has 0 aromatic heterocycles. The van der Waals surface area contributed by atoms with Crippen LogP contribution in [-0.4, -0.2) is 93.7 Å². The maximum Gasteiger partial charge on any atom is 0.0523 e. The molecule has 0 atom stereocenters. The molecule has 0 aliphatic heterocycles. The van der Waals surface area contributed by atoms with E-state index in [0.717, 1.165) is 38.5 Å². The SMILES string of the molecule is OCC1(CO)CCCCCCCCCCCCCCCCCCCCCCCCCCCCCCC(CO)(CO)C(CO)(CO)C1(CO)CO. The average Bonchev–Trinajstić information content (AvgIpc) is 3.15. The smallest absolute Gasteiger partial charge is 0.0523 e. The van der Waals surface area contributed by atoms with Crippen molar-refractivity contribution < 1.29 is 40.9 Å². The predicted molar refractivity (Wildman–Crippen MR) is 205 cm³/mol. The van der Waals surface area contributed by atoms with Gasteiger partial charge in [0.1, 0.15) is 0 Å². The summed E-state index contributed by atoms with van der Waals surface area (Å²) >= 11 is 0. The molecule has 50 heavy (non-hydrogen) atoms. The Balaban J connectivity index is 3.01. The molecule has 1 rings (SSSR count). The van der Waals surface area contributed by atoms with Crippen LogP contribution in [0.15, 0.2) is 0 Å². The van der Waals surface area contributed by atoms with E-state index in [2.05, 4.69) is 0 Å². The van der Waals surface area contributed by atoms with Gasteiger partial charge in [0.05, 0.1) is 52.9 Å². The average molecular weight is 717 g/mol. The number of aliphatic hydroxyl groups excluding tert-OH is 8. The minimum absolute atomic E-state index is 0.260. The fourth-order valence-electron chi connectivity index (χ4n) is 9.41. The van der Waals surface area contributed by atoms with E-state index >= 15 is 0 Å². The van der Waals surface area contributed by atoms with E-state index in [9.17, 15) is 40.9 Å². The first-order valence-electron chi connectivity index (χ1n) is 21.3. The molecule has 0 aromatic rings. The molecule has 8 N–H and O–H groups in total. The van der Waals surface area contributed by atoms with Crippen LogP contribution in [0.1, 0.15) is 193 Å². The molecule has 8 nitrogen and oxygen atoms in total. The predicted octanol–water partition coefficient (Wildman–Crippen LogP) is 7.59. The van der Waals surface area contributed by atoms with Crippen molar-refractivity contribution in [3.63, 3.8) is 0 Å². The molecule has 1 saturated carbocycles. The summed E-state index contributed by atoms with van der Waals surface area (Å²) in [7, 11) is 0. The summed E-state index contributed by atoms with van der Waals surface area (Å²) in [6.07, 6.45) is 34.1. The third-order valence-corrected chi connectivity index (χ3v) is 13.3. The van der Waals surface area contributed by atoms with Gasteiger partial charge in [0.15, 0.2) is 0 Å². The summed E-state index contributed by atoms with van der Waals surface area (Å²) in [5.74, 6) is 0. The first-order valence-corrected chi connectivity index (χ1v) is 21.3. The second-order valence-electron chi connectivity index (χ2n) is 16.4. The van der Waals surface area contributed by atoms with Crippen molar-refractivity contribution in [1.82, 2.24) is 0 Å². The molecule has 0 aromatic carbocycles. The lowest BCUT2D eigenvalue weighted by Crippen LogP contribution is -2.70. The van der Waals surface area contributed by atoms with Crippen LogP contribution in [0.2, 0.25) is 0 Å². The number of rotatable bonds is 8. The summed E-state index contributed by atoms with van der Waals surface area (Å²) in [5.41, 5.74) is -6.49. The van der Waals surface area contributed by atoms with E-state index in [1.807, 2.05) is 0 Å². The number of hydrogen-bond donors (Lipinski definition) is 8. The summed E-state index contributed by atoms with van der Waals surface area (Å²) in [5, 5.41) is 87.7. The maximum atomic E-state index is 11.0. The summed E-state index contributed by atoms with van der Waals surface area (Å²) in [6, 6.07) is 0. The van der Waals surface area contributed by atoms with Gasteiger partial charge in [0.25, 0.3) is 0 Å². The zero-order valence-corrected chi connectivity index (χ0v) is 32.4. The molecule has 1 fully saturated rings. The quantitative estimate of drug-likeness (QED) is 0.128. The van der Waals surface area contributed by atoms with Gasteiger partial charge in [-0.15, -0.1) is 0 Å². The molecule has 0 radical (unpaired) electrons. The monoisotopic (exact) mass is 717 g/mol. The lowest BCUT2D eigenvalue weighted by Gasteiger charge is -2.63. The molecule has 0 bridgehead atoms. The Hall–Kier alpha value is -0.320. The van der Waals surface area contributed by atoms with Gasteiger partial charge in [-0.25, -0.2) is 0 Å². The Bertz CT molecular complexity index is 684. The van der Waals surface area contributed by atoms with Gasteiger partial charge in [-0.05, 0) is 12.8 Å². The standard InChI is InChI=1S/C42H84O8/c43-31-39(32-44)29-27-25-23-21-19-17-15-13-11-9-7-5-3-1-2-4-6-8-10-12-14-16-18-20-22-24-26-28-30-40(33-45,34-46)42(37-49,38-50)41(39,35-47)36-48/h43-50H,1-38H2. The topological polar surface area (TPSA) is 162 Å². The fraction of sp³-hybridized carbons (Fsp3) is 1.00. The molecule has 0 saturated heterocycles. The van der Waals surface area contributed by atoms with Crippen molar-refractivity contribution in [1.29, 1.82) is 0 Å². The second kappa shape index (κ2) is 29.1. The highest BCUT2D eigenvalue weighted by molar-refractivity contribution is 5.14. The lowest BCUT2D eigenvalue weighted by molar-refractivity contribution is -0.268. The second-order valence-corrected chi connectivity index (χ2v) is 16.4. The maximum absolute atomic E-state index is 11.0. The molecule has 1 aliphatic carbocycles. The van der Waals surface area contributed by atoms with E-state index in [-0.39, 0.29) is 12.8 Å². The molecule has 0 spiro atoms. The van der Waals surface area contributed by atoms with Crippen molar-refractivity contribution in [2.45, 2.75) is 193 Å². The highest BCUT2D eigenvalue weighted by atomic mass is 16.3. The largest absolute Gasteiger partial charge is 0.396 e. The third-order valence-electron chi connectivity index (χ3n) is 13.3. The Kier molecular flexibility index (Phi) is 27.8. The highest BCUT2D eigenvalue weighted by Crippen LogP contribution is 2.61. The van der Waals surface area contributed by atoms with Crippen molar-refractivity contribution in [2.24, 2.45) is 21.7 Å². The minimum atomic E-state index is -1.78. The van der Waals surface area contributed by atoms with Crippen molar-refractivity contribution in [3.05, 3.63) is 0 Å². The normalized spacial score (nSPS) is 24.5. The molecule has 300 valence electrons. The Morgan fingerprint density at radius 3 is 0.460 bits per heavy atom. The van der Waals surface area contributed by atoms with Gasteiger partial charge in [-0.3, -0.25) is 0 Å². The van der Waals surface area contributed by atoms with E-state index in [0.29, 0.717) is 12.8 Å². The molecular weight excluding hydrogens is 632 g/mol. The Morgan fingerprint density at radius 2 is 0.340 bits per heavy atom. The van der Waals surface area contributed by atoms with Crippen LogP contribution >= 0.6 is 0 Å². The van der Waals surface area contributed by atoms with E-state index < -0.39 is 74.5 Å². The zero-order chi connectivity index (χ0) is 36.9. The van der Waals surface area contributed by atoms with Gasteiger partial charge in [0, 0.05) is 21.7 Å². The van der Waals surface area contributed by atoms with Gasteiger partial charge in [-0.1, -0.05) is 180 Å². The number of hydrogen-bond acceptors (Lipinski definition) is 8. The molecule has 0 amide bonds. The third kappa shape index (κ3) is 14.2. The molecule has 0 unspecified atom stereocenters. The highest BCUT2D eigenvalue weighted by Gasteiger charge is 2.68. The van der Waals surface area contributed by atoms with Crippen molar-refractivity contribution in [3.8, 4) is 0 Å². The van der Waals surface area contributed by atoms with E-state index in [1.54, 1.807) is 0 Å². The first-order chi connectivity index (χ1) is 24.4. The first kappa shape index (κ1) is 47.7. The summed E-state index contributed by atoms with van der Waals surface area (Å²) in [4.78, 5) is 0. The Labute approximate surface area is 307 Å². The Morgan fingerprint density at radius 1 is 0.200 bits per heavy atom. The van der Waals surface area contributed by atoms with Crippen LogP contribution in [0.5, 0.6) is 0 Å². The molecule has 1 aliphatic rings. The van der Waals surface area contributed by atoms with Crippen molar-refractivity contribution >= 4 is 0 Å². The van der Waals surface area contributed by atoms with Gasteiger partial charge in [-0.2, -0.15) is 0 Å². The number of aliphatic hydroxyl groups is 8. The van der Waals surface area contributed by atoms with Crippen LogP contribution < -0.4 is 0 Å². The van der Waals surface area contributed by atoms with Crippen LogP contribution in [0, 0.1) is 21.7 Å². The summed E-state index contributed by atoms with van der Waals surface area (Å²) < 4.78 is 0. The van der Waals surface area contributed by atoms with E-state index in [1.165, 1.54) is 128 Å². The van der Waals surface area contributed by atoms with Crippen LogP contribution in [-0.2, 0) is 0 Å². The molecular formula is C42H84O8. The fourth-order valence-corrected chi connectivity index (χ4v) is 9.41. The van der Waals surface area contributed by atoms with Crippen molar-refractivity contribution in [2.75, 3.05) is 52.9 Å². The van der Waals surface area contributed by atoms with Gasteiger partial charge in [0.2, 0.25) is 0 Å². The zero-order valence-electron chi connectivity index (χ0n) is 32.4. The molecule has 8 heteroatoms. The van der Waals surface area contributed by atoms with Crippen LogP contribution in [0.4, 0.5) is 0 Å². The summed E-state index contributed by atoms with van der Waals surface area (Å²) in [6.45, 7) is -5.31. The van der Waals surface area contributed by atoms with Crippen LogP contribution in [0.25, 0.3) is 0 Å². The lowest BCUT2D eigenvalue weighted by atomic mass is 9.42. The molecule has 0 heterocycles. The van der Waals surface area contributed by atoms with Gasteiger partial charge >= 0.3 is 0 Å². The van der Waals surface area contributed by atoms with E-state index in [4.69, 9.17) is 0 Å². The van der Waals surface area contributed by atoms with Gasteiger partial charge < -0.3 is 40.9 Å².